The normalized spacial score (nSPS) is 29.3. The number of nitrogens with one attached hydrogen (secondary N) is 1. The summed E-state index contributed by atoms with van der Waals surface area (Å²) in [5, 5.41) is 3.56. The van der Waals surface area contributed by atoms with Gasteiger partial charge in [0.25, 0.3) is 0 Å². The molecule has 0 aliphatic carbocycles. The van der Waals surface area contributed by atoms with Crippen LogP contribution in [0.15, 0.2) is 6.20 Å². The SMILES string of the molecule is CC1CCCn2c1cnc2CC1CCCN1. The molecule has 88 valence electrons. The fourth-order valence-corrected chi connectivity index (χ4v) is 3.10. The van der Waals surface area contributed by atoms with Crippen molar-refractivity contribution in [1.29, 1.82) is 0 Å². The number of hydrogen-bond acceptors (Lipinski definition) is 2. The van der Waals surface area contributed by atoms with Crippen molar-refractivity contribution in [3.8, 4) is 0 Å². The largest absolute Gasteiger partial charge is 0.332 e. The maximum Gasteiger partial charge on any atom is 0.110 e. The smallest absolute Gasteiger partial charge is 0.110 e. The van der Waals surface area contributed by atoms with Gasteiger partial charge in [0.1, 0.15) is 5.82 Å². The van der Waals surface area contributed by atoms with E-state index in [-0.39, 0.29) is 0 Å². The van der Waals surface area contributed by atoms with E-state index >= 15 is 0 Å². The van der Waals surface area contributed by atoms with Crippen LogP contribution in [0.4, 0.5) is 0 Å². The third-order valence-corrected chi connectivity index (χ3v) is 4.08. The zero-order valence-corrected chi connectivity index (χ0v) is 10.1. The molecule has 2 aliphatic heterocycles. The van der Waals surface area contributed by atoms with Crippen molar-refractivity contribution in [1.82, 2.24) is 14.9 Å². The molecule has 0 amide bonds. The van der Waals surface area contributed by atoms with Gasteiger partial charge in [-0.25, -0.2) is 4.98 Å². The van der Waals surface area contributed by atoms with Crippen LogP contribution < -0.4 is 5.32 Å². The lowest BCUT2D eigenvalue weighted by Gasteiger charge is -2.23. The Hall–Kier alpha value is -0.830. The summed E-state index contributed by atoms with van der Waals surface area (Å²) in [5.41, 5.74) is 1.46. The molecule has 0 spiro atoms. The van der Waals surface area contributed by atoms with E-state index in [0.29, 0.717) is 12.0 Å². The first-order valence-corrected chi connectivity index (χ1v) is 6.62. The highest BCUT2D eigenvalue weighted by Gasteiger charge is 2.22. The van der Waals surface area contributed by atoms with E-state index in [4.69, 9.17) is 0 Å². The van der Waals surface area contributed by atoms with Gasteiger partial charge in [-0.05, 0) is 38.1 Å². The Kier molecular flexibility index (Phi) is 2.72. The molecule has 2 atom stereocenters. The fourth-order valence-electron chi connectivity index (χ4n) is 3.10. The lowest BCUT2D eigenvalue weighted by atomic mass is 9.98. The number of nitrogens with zero attached hydrogens (tertiary/aromatic N) is 2. The average Bonchev–Trinajstić information content (AvgIpc) is 2.90. The molecule has 1 aromatic rings. The Bertz CT molecular complexity index is 363. The molecule has 2 aliphatic rings. The van der Waals surface area contributed by atoms with Crippen molar-refractivity contribution in [2.75, 3.05) is 6.54 Å². The molecule has 1 saturated heterocycles. The van der Waals surface area contributed by atoms with Gasteiger partial charge in [0.15, 0.2) is 0 Å². The molecule has 1 aromatic heterocycles. The second-order valence-corrected chi connectivity index (χ2v) is 5.29. The highest BCUT2D eigenvalue weighted by molar-refractivity contribution is 5.13. The first-order valence-electron chi connectivity index (χ1n) is 6.62. The number of rotatable bonds is 2. The molecule has 1 N–H and O–H groups in total. The number of aromatic nitrogens is 2. The molecule has 3 rings (SSSR count). The minimum atomic E-state index is 0.670. The van der Waals surface area contributed by atoms with E-state index in [1.807, 2.05) is 0 Å². The van der Waals surface area contributed by atoms with Gasteiger partial charge in [0, 0.05) is 30.9 Å². The molecule has 2 unspecified atom stereocenters. The molecule has 0 bridgehead atoms. The van der Waals surface area contributed by atoms with Crippen molar-refractivity contribution in [2.24, 2.45) is 0 Å². The van der Waals surface area contributed by atoms with Gasteiger partial charge >= 0.3 is 0 Å². The number of imidazole rings is 1. The molecular weight excluding hydrogens is 198 g/mol. The molecule has 0 radical (unpaired) electrons. The van der Waals surface area contributed by atoms with Crippen molar-refractivity contribution in [3.63, 3.8) is 0 Å². The minimum Gasteiger partial charge on any atom is -0.332 e. The van der Waals surface area contributed by atoms with Crippen LogP contribution in [0.5, 0.6) is 0 Å². The van der Waals surface area contributed by atoms with Gasteiger partial charge in [0.05, 0.1) is 0 Å². The lowest BCUT2D eigenvalue weighted by molar-refractivity contribution is 0.453. The van der Waals surface area contributed by atoms with E-state index in [2.05, 4.69) is 28.0 Å². The van der Waals surface area contributed by atoms with Crippen molar-refractivity contribution < 1.29 is 0 Å². The van der Waals surface area contributed by atoms with Gasteiger partial charge < -0.3 is 9.88 Å². The van der Waals surface area contributed by atoms with Crippen LogP contribution in [0.3, 0.4) is 0 Å². The summed E-state index contributed by atoms with van der Waals surface area (Å²) in [4.78, 5) is 4.63. The summed E-state index contributed by atoms with van der Waals surface area (Å²) in [6.07, 6.45) is 8.51. The Morgan fingerprint density at radius 3 is 3.19 bits per heavy atom. The first kappa shape index (κ1) is 10.3. The fraction of sp³-hybridized carbons (Fsp3) is 0.769. The summed E-state index contributed by atoms with van der Waals surface area (Å²) in [7, 11) is 0. The molecule has 0 saturated carbocycles. The third-order valence-electron chi connectivity index (χ3n) is 4.08. The zero-order valence-electron chi connectivity index (χ0n) is 10.1. The van der Waals surface area contributed by atoms with Crippen LogP contribution in [0, 0.1) is 0 Å². The second-order valence-electron chi connectivity index (χ2n) is 5.29. The van der Waals surface area contributed by atoms with Crippen LogP contribution in [-0.2, 0) is 13.0 Å². The van der Waals surface area contributed by atoms with Gasteiger partial charge in [-0.1, -0.05) is 6.92 Å². The monoisotopic (exact) mass is 219 g/mol. The van der Waals surface area contributed by atoms with E-state index in [1.165, 1.54) is 50.3 Å². The molecule has 16 heavy (non-hydrogen) atoms. The first-order chi connectivity index (χ1) is 7.84. The van der Waals surface area contributed by atoms with Crippen molar-refractivity contribution in [3.05, 3.63) is 17.7 Å². The number of fused-ring (bicyclic) bond motifs is 1. The lowest BCUT2D eigenvalue weighted by Crippen LogP contribution is -2.26. The van der Waals surface area contributed by atoms with E-state index in [0.717, 1.165) is 6.42 Å². The molecule has 3 heterocycles. The third kappa shape index (κ3) is 1.77. The van der Waals surface area contributed by atoms with Gasteiger partial charge in [-0.2, -0.15) is 0 Å². The molecule has 3 nitrogen and oxygen atoms in total. The van der Waals surface area contributed by atoms with Gasteiger partial charge in [0.2, 0.25) is 0 Å². The van der Waals surface area contributed by atoms with E-state index < -0.39 is 0 Å². The highest BCUT2D eigenvalue weighted by atomic mass is 15.1. The van der Waals surface area contributed by atoms with Gasteiger partial charge in [-0.15, -0.1) is 0 Å². The predicted octanol–water partition coefficient (Wildman–Crippen LogP) is 2.07. The zero-order chi connectivity index (χ0) is 11.0. The Balaban J connectivity index is 1.79. The molecule has 1 fully saturated rings. The second kappa shape index (κ2) is 4.21. The summed E-state index contributed by atoms with van der Waals surface area (Å²) in [5.74, 6) is 2.01. The van der Waals surface area contributed by atoms with Crippen LogP contribution in [0.1, 0.15) is 50.0 Å². The maximum atomic E-state index is 4.63. The Morgan fingerprint density at radius 2 is 2.38 bits per heavy atom. The summed E-state index contributed by atoms with van der Waals surface area (Å²) >= 11 is 0. The average molecular weight is 219 g/mol. The molecule has 3 heteroatoms. The maximum absolute atomic E-state index is 4.63. The summed E-state index contributed by atoms with van der Waals surface area (Å²) in [6.45, 7) is 4.70. The Morgan fingerprint density at radius 1 is 1.44 bits per heavy atom. The van der Waals surface area contributed by atoms with E-state index in [1.54, 1.807) is 0 Å². The van der Waals surface area contributed by atoms with Crippen LogP contribution >= 0.6 is 0 Å². The van der Waals surface area contributed by atoms with Crippen LogP contribution in [-0.4, -0.2) is 22.1 Å². The van der Waals surface area contributed by atoms with Crippen molar-refractivity contribution >= 4 is 0 Å². The predicted molar refractivity (Wildman–Crippen MR) is 64.6 cm³/mol. The van der Waals surface area contributed by atoms with Crippen LogP contribution in [0.25, 0.3) is 0 Å². The quantitative estimate of drug-likeness (QED) is 0.825. The van der Waals surface area contributed by atoms with Gasteiger partial charge in [-0.3, -0.25) is 0 Å². The van der Waals surface area contributed by atoms with Crippen molar-refractivity contribution in [2.45, 2.75) is 57.5 Å². The molecule has 0 aromatic carbocycles. The Labute approximate surface area is 97.3 Å². The van der Waals surface area contributed by atoms with E-state index in [9.17, 15) is 0 Å². The topological polar surface area (TPSA) is 29.9 Å². The highest BCUT2D eigenvalue weighted by Crippen LogP contribution is 2.28. The minimum absolute atomic E-state index is 0.670. The van der Waals surface area contributed by atoms with Crippen LogP contribution in [0.2, 0.25) is 0 Å². The standard InChI is InChI=1S/C13H21N3/c1-10-4-3-7-16-12(10)9-15-13(16)8-11-5-2-6-14-11/h9-11,14H,2-8H2,1H3. The molecular formula is C13H21N3. The number of hydrogen-bond donors (Lipinski definition) is 1. The summed E-state index contributed by atoms with van der Waals surface area (Å²) in [6, 6.07) is 0.670. The summed E-state index contributed by atoms with van der Waals surface area (Å²) < 4.78 is 2.47.